The van der Waals surface area contributed by atoms with E-state index in [2.05, 4.69) is 21.0 Å². The highest BCUT2D eigenvalue weighted by Crippen LogP contribution is 2.28. The van der Waals surface area contributed by atoms with Crippen molar-refractivity contribution in [3.05, 3.63) is 90.1 Å². The Hall–Kier alpha value is -5.58. The molecule has 0 saturated heterocycles. The Balaban J connectivity index is 1.81. The fourth-order valence-corrected chi connectivity index (χ4v) is 7.64. The van der Waals surface area contributed by atoms with E-state index >= 15 is 0 Å². The van der Waals surface area contributed by atoms with E-state index in [9.17, 15) is 24.0 Å². The molecule has 0 saturated carbocycles. The average Bonchev–Trinajstić information content (AvgIpc) is 3.38. The number of amides is 3. The Morgan fingerprint density at radius 2 is 1.16 bits per heavy atom. The van der Waals surface area contributed by atoms with Crippen molar-refractivity contribution in [2.45, 2.75) is 99.0 Å². The summed E-state index contributed by atoms with van der Waals surface area (Å²) in [7, 11) is 2.83. The molecule has 0 bridgehead atoms. The van der Waals surface area contributed by atoms with Crippen molar-refractivity contribution in [3.63, 3.8) is 0 Å². The maximum atomic E-state index is 14.8. The van der Waals surface area contributed by atoms with Gasteiger partial charge in [-0.05, 0) is 46.4 Å². The van der Waals surface area contributed by atoms with Crippen molar-refractivity contribution >= 4 is 29.8 Å². The molecule has 5 unspecified atom stereocenters. The Morgan fingerprint density at radius 3 is 1.66 bits per heavy atom. The molecule has 0 radical (unpaired) electrons. The average molecular weight is 1070 g/mol. The first kappa shape index (κ1) is 64.7. The second kappa shape index (κ2) is 35.0. The largest absolute Gasteiger partial charge is 0.459 e. The lowest BCUT2D eigenvalue weighted by molar-refractivity contribution is -0.158. The Bertz CT molecular complexity index is 2120. The molecule has 3 aromatic rings. The van der Waals surface area contributed by atoms with Gasteiger partial charge in [-0.15, -0.1) is 0 Å². The second-order valence-electron chi connectivity index (χ2n) is 20.7. The van der Waals surface area contributed by atoms with Crippen molar-refractivity contribution in [3.8, 4) is 11.3 Å². The van der Waals surface area contributed by atoms with E-state index in [4.69, 9.17) is 48.4 Å². The van der Waals surface area contributed by atoms with E-state index in [1.807, 2.05) is 93.6 Å². The van der Waals surface area contributed by atoms with Gasteiger partial charge in [0.05, 0.1) is 98.1 Å². The van der Waals surface area contributed by atoms with E-state index in [0.717, 1.165) is 22.4 Å². The number of aromatic nitrogens is 1. The van der Waals surface area contributed by atoms with Gasteiger partial charge in [-0.25, -0.2) is 14.6 Å². The summed E-state index contributed by atoms with van der Waals surface area (Å²) >= 11 is 0. The minimum atomic E-state index is -1.07. The number of rotatable bonds is 36. The highest BCUT2D eigenvalue weighted by Gasteiger charge is 2.39. The molecule has 0 aliphatic heterocycles. The van der Waals surface area contributed by atoms with Crippen molar-refractivity contribution in [1.82, 2.24) is 26.1 Å². The molecule has 5 N–H and O–H groups in total. The molecule has 424 valence electrons. The number of alkyl carbamates (subject to hydrolysis) is 2. The van der Waals surface area contributed by atoms with Crippen molar-refractivity contribution in [1.29, 1.82) is 0 Å². The van der Waals surface area contributed by atoms with Crippen LogP contribution in [-0.4, -0.2) is 164 Å². The first-order chi connectivity index (χ1) is 36.2. The molecule has 3 rings (SSSR count). The van der Waals surface area contributed by atoms with Gasteiger partial charge in [0.15, 0.2) is 5.78 Å². The minimum absolute atomic E-state index is 0.0825. The molecule has 5 atom stereocenters. The van der Waals surface area contributed by atoms with Crippen LogP contribution in [0.1, 0.15) is 72.9 Å². The molecule has 0 spiro atoms. The summed E-state index contributed by atoms with van der Waals surface area (Å²) in [4.78, 5) is 73.5. The second-order valence-corrected chi connectivity index (χ2v) is 20.7. The molecular weight excluding hydrogens is 981 g/mol. The number of nitrogens with zero attached hydrogens (tertiary/aromatic N) is 2. The number of nitrogens with two attached hydrogens (primary N) is 1. The summed E-state index contributed by atoms with van der Waals surface area (Å²) in [5.74, 6) is -2.62. The lowest BCUT2D eigenvalue weighted by atomic mass is 9.79. The number of methoxy groups -OCH3 is 2. The molecule has 76 heavy (non-hydrogen) atoms. The van der Waals surface area contributed by atoms with E-state index in [1.165, 1.54) is 7.11 Å². The van der Waals surface area contributed by atoms with Crippen LogP contribution in [0.4, 0.5) is 9.59 Å². The number of ether oxygens (including phenoxy) is 9. The molecular formula is C56H86N6O14. The summed E-state index contributed by atoms with van der Waals surface area (Å²) in [5, 5.41) is 7.06. The quantitative estimate of drug-likeness (QED) is 0.0228. The topological polar surface area (TPSA) is 247 Å². The zero-order valence-electron chi connectivity index (χ0n) is 46.5. The van der Waals surface area contributed by atoms with Gasteiger partial charge in [-0.3, -0.25) is 24.8 Å². The van der Waals surface area contributed by atoms with Crippen LogP contribution in [0.2, 0.25) is 0 Å². The van der Waals surface area contributed by atoms with Crippen LogP contribution in [0.15, 0.2) is 79.0 Å². The Kier molecular flexibility index (Phi) is 29.8. The predicted molar refractivity (Wildman–Crippen MR) is 287 cm³/mol. The number of hydrogen-bond acceptors (Lipinski definition) is 17. The number of carbonyl (C=O) groups excluding carboxylic acids is 5. The number of hydrazine groups is 1. The molecule has 1 aromatic heterocycles. The van der Waals surface area contributed by atoms with Crippen LogP contribution in [0, 0.1) is 22.7 Å². The number of ketones is 1. The number of carbonyl (C=O) groups is 5. The monoisotopic (exact) mass is 1070 g/mol. The smallest absolute Gasteiger partial charge is 0.407 e. The summed E-state index contributed by atoms with van der Waals surface area (Å²) in [6.45, 7) is 18.7. The number of benzene rings is 2. The summed E-state index contributed by atoms with van der Waals surface area (Å²) in [5.41, 5.74) is 11.1. The zero-order chi connectivity index (χ0) is 55.9. The van der Waals surface area contributed by atoms with Crippen LogP contribution in [0.25, 0.3) is 11.3 Å². The van der Waals surface area contributed by atoms with E-state index < -0.39 is 65.0 Å². The molecule has 1 heterocycles. The van der Waals surface area contributed by atoms with Gasteiger partial charge >= 0.3 is 18.2 Å². The summed E-state index contributed by atoms with van der Waals surface area (Å²) in [6, 6.07) is 19.6. The summed E-state index contributed by atoms with van der Waals surface area (Å²) in [6.07, 6.45) is -0.878. The molecule has 2 aromatic carbocycles. The van der Waals surface area contributed by atoms with Crippen LogP contribution >= 0.6 is 0 Å². The van der Waals surface area contributed by atoms with E-state index in [-0.39, 0.29) is 57.5 Å². The fraction of sp³-hybridized carbons (Fsp3) is 0.607. The third-order valence-electron chi connectivity index (χ3n) is 12.0. The van der Waals surface area contributed by atoms with Crippen LogP contribution < -0.4 is 21.8 Å². The van der Waals surface area contributed by atoms with E-state index in [0.29, 0.717) is 59.5 Å². The van der Waals surface area contributed by atoms with Crippen molar-refractivity contribution < 1.29 is 66.6 Å². The first-order valence-corrected chi connectivity index (χ1v) is 26.0. The standard InChI is InChI=1S/C56H86N6O14/c1-40(2)48(57)52(65)76-47(39-62(61-51(64)50(56(6,7)8)60-53(66)69-10)38-42-19-21-43(22-20-42)45-18-14-15-23-58-45)44(36-41-16-12-11-13-17-41)37-46(63)49(55(3,4)5)59-54(67)75-35-34-74-33-32-73-31-30-72-29-28-71-27-26-70-25-24-68-9/h11-23,40,44,47-50H,24-39,57H2,1-10H3,(H,59,67)(H,60,66)(H,61,64). The van der Waals surface area contributed by atoms with Gasteiger partial charge < -0.3 is 59.0 Å². The zero-order valence-corrected chi connectivity index (χ0v) is 46.5. The SMILES string of the molecule is COCCOCCOCCOCCOCCOCCOC(=O)NC(C(=O)CC(Cc1ccccc1)C(CN(Cc1ccc(-c2ccccn2)cc1)NC(=O)C(NC(=O)OC)C(C)(C)C)OC(=O)C(N)C(C)C)C(C)(C)C. The minimum Gasteiger partial charge on any atom is -0.459 e. The molecule has 20 heteroatoms. The third kappa shape index (κ3) is 25.5. The molecule has 20 nitrogen and oxygen atoms in total. The molecule has 3 amide bonds. The number of hydrogen-bond donors (Lipinski definition) is 4. The fourth-order valence-electron chi connectivity index (χ4n) is 7.64. The van der Waals surface area contributed by atoms with E-state index in [1.54, 1.807) is 52.9 Å². The maximum absolute atomic E-state index is 14.8. The lowest BCUT2D eigenvalue weighted by Gasteiger charge is -2.37. The molecule has 0 fully saturated rings. The normalized spacial score (nSPS) is 13.8. The number of pyridine rings is 1. The van der Waals surface area contributed by atoms with Gasteiger partial charge in [0.1, 0.15) is 24.8 Å². The molecule has 0 aliphatic rings. The number of nitrogens with one attached hydrogen (secondary N) is 3. The highest BCUT2D eigenvalue weighted by atomic mass is 16.6. The van der Waals surface area contributed by atoms with Gasteiger partial charge in [-0.1, -0.05) is 116 Å². The Labute approximate surface area is 450 Å². The predicted octanol–water partition coefficient (Wildman–Crippen LogP) is 5.94. The number of esters is 1. The molecule has 0 aliphatic carbocycles. The van der Waals surface area contributed by atoms with Gasteiger partial charge in [0, 0.05) is 37.8 Å². The van der Waals surface area contributed by atoms with Crippen LogP contribution in [0.5, 0.6) is 0 Å². The lowest BCUT2D eigenvalue weighted by Crippen LogP contribution is -2.58. The Morgan fingerprint density at radius 1 is 0.632 bits per heavy atom. The van der Waals surface area contributed by atoms with Gasteiger partial charge in [0.25, 0.3) is 5.91 Å². The maximum Gasteiger partial charge on any atom is 0.407 e. The van der Waals surface area contributed by atoms with Gasteiger partial charge in [0.2, 0.25) is 0 Å². The van der Waals surface area contributed by atoms with Crippen LogP contribution in [0.3, 0.4) is 0 Å². The first-order valence-electron chi connectivity index (χ1n) is 26.0. The van der Waals surface area contributed by atoms with Gasteiger partial charge in [-0.2, -0.15) is 0 Å². The number of Topliss-reactive ketones (excluding diaryl/α,β-unsaturated/α-hetero) is 1. The van der Waals surface area contributed by atoms with Crippen molar-refractivity contribution in [2.24, 2.45) is 28.4 Å². The van der Waals surface area contributed by atoms with Crippen LogP contribution in [-0.2, 0) is 70.0 Å². The summed E-state index contributed by atoms with van der Waals surface area (Å²) < 4.78 is 49.1. The van der Waals surface area contributed by atoms with Crippen molar-refractivity contribution in [2.75, 3.05) is 100 Å². The highest BCUT2D eigenvalue weighted by molar-refractivity contribution is 5.88. The third-order valence-corrected chi connectivity index (χ3v) is 12.0.